The number of carbonyl (C=O) groups excluding carboxylic acids is 1. The van der Waals surface area contributed by atoms with Gasteiger partial charge in [0.05, 0.1) is 6.54 Å². The first-order chi connectivity index (χ1) is 6.74. The van der Waals surface area contributed by atoms with Gasteiger partial charge in [0.2, 0.25) is 5.91 Å². The third-order valence-electron chi connectivity index (χ3n) is 1.95. The minimum Gasteiger partial charge on any atom is -0.340 e. The van der Waals surface area contributed by atoms with Gasteiger partial charge in [-0.3, -0.25) is 4.79 Å². The van der Waals surface area contributed by atoms with Crippen molar-refractivity contribution >= 4 is 17.2 Å². The largest absolute Gasteiger partial charge is 0.340 e. The molecule has 0 radical (unpaired) electrons. The van der Waals surface area contributed by atoms with Crippen LogP contribution in [0.15, 0.2) is 16.8 Å². The molecule has 1 heterocycles. The van der Waals surface area contributed by atoms with Crippen LogP contribution in [-0.4, -0.2) is 30.9 Å². The minimum absolute atomic E-state index is 0.137. The van der Waals surface area contributed by atoms with Crippen LogP contribution in [0.4, 0.5) is 0 Å². The summed E-state index contributed by atoms with van der Waals surface area (Å²) < 4.78 is 0. The van der Waals surface area contributed by atoms with E-state index in [1.807, 2.05) is 25.4 Å². The highest BCUT2D eigenvalue weighted by molar-refractivity contribution is 7.07. The second kappa shape index (κ2) is 5.78. The molecule has 0 aliphatic heterocycles. The molecule has 1 N–H and O–H groups in total. The third-order valence-corrected chi connectivity index (χ3v) is 2.68. The molecule has 14 heavy (non-hydrogen) atoms. The summed E-state index contributed by atoms with van der Waals surface area (Å²) in [6.07, 6.45) is 0. The van der Waals surface area contributed by atoms with Gasteiger partial charge in [0.1, 0.15) is 0 Å². The first-order valence-electron chi connectivity index (χ1n) is 4.69. The van der Waals surface area contributed by atoms with Crippen molar-refractivity contribution in [2.45, 2.75) is 13.5 Å². The standard InChI is InChI=1S/C10H16N2OS/c1-3-11-6-10(13)12(2)7-9-4-5-14-8-9/h4-5,8,11H,3,6-7H2,1-2H3. The average molecular weight is 212 g/mol. The SMILES string of the molecule is CCNCC(=O)N(C)Cc1ccsc1. The lowest BCUT2D eigenvalue weighted by molar-refractivity contribution is -0.129. The summed E-state index contributed by atoms with van der Waals surface area (Å²) in [5.41, 5.74) is 1.20. The van der Waals surface area contributed by atoms with E-state index in [9.17, 15) is 4.79 Å². The van der Waals surface area contributed by atoms with Gasteiger partial charge in [-0.15, -0.1) is 0 Å². The summed E-state index contributed by atoms with van der Waals surface area (Å²) in [5.74, 6) is 0.137. The van der Waals surface area contributed by atoms with Crippen LogP contribution in [0, 0.1) is 0 Å². The van der Waals surface area contributed by atoms with Gasteiger partial charge in [-0.1, -0.05) is 6.92 Å². The molecule has 78 valence electrons. The Morgan fingerprint density at radius 2 is 2.43 bits per heavy atom. The summed E-state index contributed by atoms with van der Waals surface area (Å²) in [7, 11) is 1.83. The predicted molar refractivity (Wildman–Crippen MR) is 59.3 cm³/mol. The third kappa shape index (κ3) is 3.47. The highest BCUT2D eigenvalue weighted by atomic mass is 32.1. The topological polar surface area (TPSA) is 32.3 Å². The lowest BCUT2D eigenvalue weighted by Gasteiger charge is -2.16. The molecule has 0 bridgehead atoms. The number of rotatable bonds is 5. The van der Waals surface area contributed by atoms with E-state index in [-0.39, 0.29) is 5.91 Å². The van der Waals surface area contributed by atoms with Crippen molar-refractivity contribution in [3.8, 4) is 0 Å². The Kier molecular flexibility index (Phi) is 4.62. The van der Waals surface area contributed by atoms with Crippen LogP contribution >= 0.6 is 11.3 Å². The van der Waals surface area contributed by atoms with Gasteiger partial charge >= 0.3 is 0 Å². The molecule has 0 aliphatic carbocycles. The molecule has 1 amide bonds. The number of likely N-dealkylation sites (N-methyl/N-ethyl adjacent to an activating group) is 2. The number of hydrogen-bond acceptors (Lipinski definition) is 3. The summed E-state index contributed by atoms with van der Waals surface area (Å²) in [6, 6.07) is 2.04. The molecule has 0 atom stereocenters. The van der Waals surface area contributed by atoms with Crippen molar-refractivity contribution in [2.24, 2.45) is 0 Å². The van der Waals surface area contributed by atoms with E-state index in [4.69, 9.17) is 0 Å². The summed E-state index contributed by atoms with van der Waals surface area (Å²) >= 11 is 1.66. The molecular formula is C10H16N2OS. The lowest BCUT2D eigenvalue weighted by atomic mass is 10.3. The zero-order valence-corrected chi connectivity index (χ0v) is 9.43. The van der Waals surface area contributed by atoms with Crippen LogP contribution in [0.5, 0.6) is 0 Å². The summed E-state index contributed by atoms with van der Waals surface area (Å²) in [5, 5.41) is 7.11. The smallest absolute Gasteiger partial charge is 0.236 e. The molecule has 0 unspecified atom stereocenters. The fourth-order valence-electron chi connectivity index (χ4n) is 1.11. The van der Waals surface area contributed by atoms with E-state index >= 15 is 0 Å². The van der Waals surface area contributed by atoms with E-state index < -0.39 is 0 Å². The number of amides is 1. The molecule has 0 saturated heterocycles. The Balaban J connectivity index is 2.34. The molecule has 1 aromatic rings. The maximum atomic E-state index is 11.5. The number of thiophene rings is 1. The molecule has 1 aromatic heterocycles. The van der Waals surface area contributed by atoms with Gasteiger partial charge in [-0.2, -0.15) is 11.3 Å². The Morgan fingerprint density at radius 3 is 3.00 bits per heavy atom. The van der Waals surface area contributed by atoms with E-state index in [1.165, 1.54) is 5.56 Å². The monoisotopic (exact) mass is 212 g/mol. The number of nitrogens with one attached hydrogen (secondary N) is 1. The average Bonchev–Trinajstić information content (AvgIpc) is 2.66. The molecule has 1 rings (SSSR count). The van der Waals surface area contributed by atoms with Crippen LogP contribution in [0.3, 0.4) is 0 Å². The molecule has 0 saturated carbocycles. The van der Waals surface area contributed by atoms with Gasteiger partial charge in [0.25, 0.3) is 0 Å². The van der Waals surface area contributed by atoms with Crippen LogP contribution < -0.4 is 5.32 Å². The number of carbonyl (C=O) groups is 1. The number of nitrogens with zero attached hydrogens (tertiary/aromatic N) is 1. The quantitative estimate of drug-likeness (QED) is 0.798. The van der Waals surface area contributed by atoms with Crippen LogP contribution in [-0.2, 0) is 11.3 Å². The second-order valence-electron chi connectivity index (χ2n) is 3.16. The molecular weight excluding hydrogens is 196 g/mol. The van der Waals surface area contributed by atoms with Gasteiger partial charge in [-0.05, 0) is 28.9 Å². The minimum atomic E-state index is 0.137. The number of hydrogen-bond donors (Lipinski definition) is 1. The normalized spacial score (nSPS) is 10.1. The van der Waals surface area contributed by atoms with Crippen molar-refractivity contribution in [1.29, 1.82) is 0 Å². The maximum absolute atomic E-state index is 11.5. The Bertz CT molecular complexity index is 272. The molecule has 0 spiro atoms. The van der Waals surface area contributed by atoms with Gasteiger partial charge in [0, 0.05) is 13.6 Å². The molecule has 0 aliphatic rings. The zero-order valence-electron chi connectivity index (χ0n) is 8.62. The van der Waals surface area contributed by atoms with E-state index in [1.54, 1.807) is 16.2 Å². The fourth-order valence-corrected chi connectivity index (χ4v) is 1.77. The van der Waals surface area contributed by atoms with Crippen LogP contribution in [0.1, 0.15) is 12.5 Å². The molecule has 4 heteroatoms. The summed E-state index contributed by atoms with van der Waals surface area (Å²) in [6.45, 7) is 3.95. The van der Waals surface area contributed by atoms with Gasteiger partial charge in [-0.25, -0.2) is 0 Å². The zero-order chi connectivity index (χ0) is 10.4. The molecule has 0 fully saturated rings. The first kappa shape index (κ1) is 11.2. The fraction of sp³-hybridized carbons (Fsp3) is 0.500. The molecule has 0 aromatic carbocycles. The van der Waals surface area contributed by atoms with E-state index in [0.717, 1.165) is 6.54 Å². The van der Waals surface area contributed by atoms with Crippen molar-refractivity contribution in [3.05, 3.63) is 22.4 Å². The van der Waals surface area contributed by atoms with Gasteiger partial charge < -0.3 is 10.2 Å². The van der Waals surface area contributed by atoms with Crippen molar-refractivity contribution < 1.29 is 4.79 Å². The Morgan fingerprint density at radius 1 is 1.64 bits per heavy atom. The van der Waals surface area contributed by atoms with Gasteiger partial charge in [0.15, 0.2) is 0 Å². The van der Waals surface area contributed by atoms with Crippen molar-refractivity contribution in [2.75, 3.05) is 20.1 Å². The van der Waals surface area contributed by atoms with Crippen molar-refractivity contribution in [1.82, 2.24) is 10.2 Å². The Hall–Kier alpha value is -0.870. The van der Waals surface area contributed by atoms with E-state index in [2.05, 4.69) is 10.7 Å². The molecule has 3 nitrogen and oxygen atoms in total. The maximum Gasteiger partial charge on any atom is 0.236 e. The van der Waals surface area contributed by atoms with Crippen LogP contribution in [0.2, 0.25) is 0 Å². The Labute approximate surface area is 88.7 Å². The van der Waals surface area contributed by atoms with E-state index in [0.29, 0.717) is 13.1 Å². The van der Waals surface area contributed by atoms with Crippen molar-refractivity contribution in [3.63, 3.8) is 0 Å². The highest BCUT2D eigenvalue weighted by Crippen LogP contribution is 2.08. The summed E-state index contributed by atoms with van der Waals surface area (Å²) in [4.78, 5) is 13.2. The second-order valence-corrected chi connectivity index (χ2v) is 3.94. The predicted octanol–water partition coefficient (Wildman–Crippen LogP) is 1.32. The van der Waals surface area contributed by atoms with Crippen LogP contribution in [0.25, 0.3) is 0 Å². The first-order valence-corrected chi connectivity index (χ1v) is 5.64. The lowest BCUT2D eigenvalue weighted by Crippen LogP contribution is -2.34. The highest BCUT2D eigenvalue weighted by Gasteiger charge is 2.07.